The van der Waals surface area contributed by atoms with Crippen molar-refractivity contribution in [3.8, 4) is 0 Å². The first kappa shape index (κ1) is 13.1. The summed E-state index contributed by atoms with van der Waals surface area (Å²) in [5, 5.41) is 9.93. The van der Waals surface area contributed by atoms with Crippen LogP contribution in [0, 0.1) is 11.6 Å². The number of aliphatic hydroxyl groups is 1. The maximum atomic E-state index is 13.8. The van der Waals surface area contributed by atoms with Gasteiger partial charge in [-0.2, -0.15) is 0 Å². The summed E-state index contributed by atoms with van der Waals surface area (Å²) in [6.07, 6.45) is 2.79. The zero-order chi connectivity index (χ0) is 13.3. The lowest BCUT2D eigenvalue weighted by Crippen LogP contribution is -2.44. The van der Waals surface area contributed by atoms with Gasteiger partial charge in [0.2, 0.25) is 0 Å². The van der Waals surface area contributed by atoms with Gasteiger partial charge in [0, 0.05) is 12.7 Å². The molecule has 0 aromatic heterocycles. The number of hydrogen-bond acceptors (Lipinski definition) is 3. The summed E-state index contributed by atoms with van der Waals surface area (Å²) in [5.41, 5.74) is 5.33. The topological polar surface area (TPSA) is 49.5 Å². The van der Waals surface area contributed by atoms with Gasteiger partial charge in [-0.15, -0.1) is 0 Å². The van der Waals surface area contributed by atoms with E-state index in [9.17, 15) is 13.9 Å². The molecule has 0 bridgehead atoms. The number of hydrogen-bond donors (Lipinski definition) is 2. The van der Waals surface area contributed by atoms with E-state index < -0.39 is 17.7 Å². The van der Waals surface area contributed by atoms with E-state index in [4.69, 9.17) is 5.73 Å². The average molecular weight is 256 g/mol. The molecule has 0 saturated heterocycles. The van der Waals surface area contributed by atoms with Gasteiger partial charge in [0.25, 0.3) is 0 Å². The molecule has 18 heavy (non-hydrogen) atoms. The SMILES string of the molecule is CN(c1c(F)cc(N)cc1F)C1CCCCC1O. The molecule has 0 amide bonds. The molecule has 0 heterocycles. The Balaban J connectivity index is 2.30. The van der Waals surface area contributed by atoms with E-state index in [2.05, 4.69) is 0 Å². The van der Waals surface area contributed by atoms with E-state index in [1.165, 1.54) is 4.90 Å². The zero-order valence-electron chi connectivity index (χ0n) is 10.4. The van der Waals surface area contributed by atoms with Crippen molar-refractivity contribution in [1.29, 1.82) is 0 Å². The Labute approximate surface area is 105 Å². The van der Waals surface area contributed by atoms with E-state index in [1.807, 2.05) is 0 Å². The monoisotopic (exact) mass is 256 g/mol. The van der Waals surface area contributed by atoms with Gasteiger partial charge in [0.05, 0.1) is 12.1 Å². The van der Waals surface area contributed by atoms with E-state index >= 15 is 0 Å². The fourth-order valence-corrected chi connectivity index (χ4v) is 2.63. The van der Waals surface area contributed by atoms with Gasteiger partial charge in [-0.3, -0.25) is 0 Å². The molecular weight excluding hydrogens is 238 g/mol. The fourth-order valence-electron chi connectivity index (χ4n) is 2.63. The highest BCUT2D eigenvalue weighted by Crippen LogP contribution is 2.31. The van der Waals surface area contributed by atoms with Crippen LogP contribution in [0.3, 0.4) is 0 Å². The molecule has 1 aromatic rings. The second kappa shape index (κ2) is 5.10. The number of benzene rings is 1. The largest absolute Gasteiger partial charge is 0.399 e. The molecule has 3 N–H and O–H groups in total. The van der Waals surface area contributed by atoms with Crippen molar-refractivity contribution < 1.29 is 13.9 Å². The molecule has 2 atom stereocenters. The van der Waals surface area contributed by atoms with Gasteiger partial charge in [0.15, 0.2) is 11.6 Å². The van der Waals surface area contributed by atoms with Crippen molar-refractivity contribution in [2.45, 2.75) is 37.8 Å². The van der Waals surface area contributed by atoms with Crippen LogP contribution in [-0.2, 0) is 0 Å². The van der Waals surface area contributed by atoms with Crippen molar-refractivity contribution in [3.63, 3.8) is 0 Å². The number of nitrogens with two attached hydrogens (primary N) is 1. The van der Waals surface area contributed by atoms with E-state index in [0.29, 0.717) is 6.42 Å². The number of halogens is 2. The first-order valence-electron chi connectivity index (χ1n) is 6.16. The van der Waals surface area contributed by atoms with Crippen LogP contribution < -0.4 is 10.6 Å². The third kappa shape index (κ3) is 2.41. The number of nitrogen functional groups attached to an aromatic ring is 1. The highest BCUT2D eigenvalue weighted by Gasteiger charge is 2.29. The Kier molecular flexibility index (Phi) is 3.71. The molecule has 0 spiro atoms. The zero-order valence-corrected chi connectivity index (χ0v) is 10.4. The predicted octanol–water partition coefficient (Wildman–Crippen LogP) is 2.29. The highest BCUT2D eigenvalue weighted by atomic mass is 19.1. The molecule has 1 aromatic carbocycles. The quantitative estimate of drug-likeness (QED) is 0.798. The standard InChI is InChI=1S/C13H18F2N2O/c1-17(11-4-2-3-5-12(11)18)13-9(14)6-8(16)7-10(13)15/h6-7,11-12,18H,2-5,16H2,1H3. The maximum Gasteiger partial charge on any atom is 0.151 e. The van der Waals surface area contributed by atoms with Crippen molar-refractivity contribution in [3.05, 3.63) is 23.8 Å². The first-order valence-corrected chi connectivity index (χ1v) is 6.16. The minimum absolute atomic E-state index is 0.0614. The molecule has 1 saturated carbocycles. The van der Waals surface area contributed by atoms with Crippen LogP contribution in [0.25, 0.3) is 0 Å². The van der Waals surface area contributed by atoms with Gasteiger partial charge in [-0.25, -0.2) is 8.78 Å². The molecule has 2 unspecified atom stereocenters. The maximum absolute atomic E-state index is 13.8. The van der Waals surface area contributed by atoms with Gasteiger partial charge < -0.3 is 15.7 Å². The van der Waals surface area contributed by atoms with Crippen LogP contribution in [0.2, 0.25) is 0 Å². The smallest absolute Gasteiger partial charge is 0.151 e. The van der Waals surface area contributed by atoms with E-state index in [0.717, 1.165) is 31.4 Å². The molecule has 3 nitrogen and oxygen atoms in total. The lowest BCUT2D eigenvalue weighted by Gasteiger charge is -2.36. The summed E-state index contributed by atoms with van der Waals surface area (Å²) >= 11 is 0. The molecule has 1 aliphatic carbocycles. The van der Waals surface area contributed by atoms with Gasteiger partial charge in [-0.05, 0) is 25.0 Å². The van der Waals surface area contributed by atoms with Gasteiger partial charge >= 0.3 is 0 Å². The minimum Gasteiger partial charge on any atom is -0.399 e. The molecule has 1 aliphatic rings. The summed E-state index contributed by atoms with van der Waals surface area (Å²) in [5.74, 6) is -1.37. The van der Waals surface area contributed by atoms with Crippen molar-refractivity contribution in [2.75, 3.05) is 17.7 Å². The van der Waals surface area contributed by atoms with E-state index in [1.54, 1.807) is 7.05 Å². The third-order valence-corrected chi connectivity index (χ3v) is 3.58. The third-order valence-electron chi connectivity index (χ3n) is 3.58. The summed E-state index contributed by atoms with van der Waals surface area (Å²) in [6, 6.07) is 1.96. The molecule has 100 valence electrons. The first-order chi connectivity index (χ1) is 8.50. The van der Waals surface area contributed by atoms with Crippen LogP contribution in [0.15, 0.2) is 12.1 Å². The van der Waals surface area contributed by atoms with Crippen molar-refractivity contribution in [2.24, 2.45) is 0 Å². The number of aliphatic hydroxyl groups excluding tert-OH is 1. The summed E-state index contributed by atoms with van der Waals surface area (Å²) < 4.78 is 27.6. The summed E-state index contributed by atoms with van der Waals surface area (Å²) in [4.78, 5) is 1.49. The van der Waals surface area contributed by atoms with E-state index in [-0.39, 0.29) is 17.4 Å². The fraction of sp³-hybridized carbons (Fsp3) is 0.538. The second-order valence-corrected chi connectivity index (χ2v) is 4.86. The molecule has 0 radical (unpaired) electrons. The summed E-state index contributed by atoms with van der Waals surface area (Å²) in [7, 11) is 1.61. The van der Waals surface area contributed by atoms with Crippen molar-refractivity contribution >= 4 is 11.4 Å². The van der Waals surface area contributed by atoms with Crippen molar-refractivity contribution in [1.82, 2.24) is 0 Å². The summed E-state index contributed by atoms with van der Waals surface area (Å²) in [6.45, 7) is 0. The minimum atomic E-state index is -0.687. The Morgan fingerprint density at radius 3 is 2.33 bits per heavy atom. The lowest BCUT2D eigenvalue weighted by molar-refractivity contribution is 0.105. The Morgan fingerprint density at radius 1 is 1.22 bits per heavy atom. The normalized spacial score (nSPS) is 24.0. The number of nitrogens with zero attached hydrogens (tertiary/aromatic N) is 1. The Morgan fingerprint density at radius 2 is 1.78 bits per heavy atom. The number of anilines is 2. The molecular formula is C13H18F2N2O. The predicted molar refractivity (Wildman–Crippen MR) is 67.4 cm³/mol. The molecule has 1 fully saturated rings. The average Bonchev–Trinajstić information content (AvgIpc) is 2.27. The van der Waals surface area contributed by atoms with Crippen LogP contribution in [0.1, 0.15) is 25.7 Å². The number of rotatable bonds is 2. The second-order valence-electron chi connectivity index (χ2n) is 4.86. The molecule has 0 aliphatic heterocycles. The van der Waals surface area contributed by atoms with Gasteiger partial charge in [-0.1, -0.05) is 12.8 Å². The number of likely N-dealkylation sites (N-methyl/N-ethyl adjacent to an activating group) is 1. The lowest BCUT2D eigenvalue weighted by atomic mass is 9.91. The van der Waals surface area contributed by atoms with Crippen LogP contribution in [0.5, 0.6) is 0 Å². The Bertz CT molecular complexity index is 416. The Hall–Kier alpha value is -1.36. The molecule has 2 rings (SSSR count). The van der Waals surface area contributed by atoms with Crippen LogP contribution >= 0.6 is 0 Å². The van der Waals surface area contributed by atoms with Gasteiger partial charge in [0.1, 0.15) is 5.69 Å². The molecule has 5 heteroatoms. The van der Waals surface area contributed by atoms with Crippen LogP contribution in [-0.4, -0.2) is 24.3 Å². The highest BCUT2D eigenvalue weighted by molar-refractivity contribution is 5.56. The van der Waals surface area contributed by atoms with Crippen LogP contribution in [0.4, 0.5) is 20.2 Å².